The van der Waals surface area contributed by atoms with Crippen molar-refractivity contribution in [2.45, 2.75) is 12.5 Å². The van der Waals surface area contributed by atoms with Gasteiger partial charge in [-0.2, -0.15) is 5.10 Å². The van der Waals surface area contributed by atoms with Crippen LogP contribution in [-0.2, 0) is 0 Å². The van der Waals surface area contributed by atoms with Crippen LogP contribution in [0.15, 0.2) is 82.4 Å². The lowest BCUT2D eigenvalue weighted by Crippen LogP contribution is -2.18. The fourth-order valence-electron chi connectivity index (χ4n) is 3.45. The van der Waals surface area contributed by atoms with E-state index in [2.05, 4.69) is 15.9 Å². The molecule has 0 aromatic heterocycles. The first-order valence-corrected chi connectivity index (χ1v) is 9.95. The number of benzene rings is 3. The monoisotopic (exact) mass is 450 g/mol. The van der Waals surface area contributed by atoms with Crippen LogP contribution in [-0.4, -0.2) is 23.9 Å². The van der Waals surface area contributed by atoms with E-state index >= 15 is 0 Å². The van der Waals surface area contributed by atoms with E-state index in [4.69, 9.17) is 9.84 Å². The summed E-state index contributed by atoms with van der Waals surface area (Å²) in [4.78, 5) is 11.2. The molecule has 0 radical (unpaired) electrons. The molecule has 3 aromatic carbocycles. The Bertz CT molecular complexity index is 1060. The van der Waals surface area contributed by atoms with Gasteiger partial charge in [0.05, 0.1) is 30.1 Å². The van der Waals surface area contributed by atoms with Crippen LogP contribution >= 0.6 is 15.9 Å². The summed E-state index contributed by atoms with van der Waals surface area (Å²) < 4.78 is 6.28. The zero-order valence-corrected chi connectivity index (χ0v) is 17.3. The first-order valence-electron chi connectivity index (χ1n) is 9.16. The smallest absolute Gasteiger partial charge is 0.335 e. The van der Waals surface area contributed by atoms with Crippen molar-refractivity contribution in [1.82, 2.24) is 0 Å². The molecule has 4 rings (SSSR count). The van der Waals surface area contributed by atoms with Gasteiger partial charge in [-0.3, -0.25) is 5.01 Å². The number of ether oxygens (including phenoxy) is 1. The second kappa shape index (κ2) is 8.09. The quantitative estimate of drug-likeness (QED) is 0.556. The van der Waals surface area contributed by atoms with Gasteiger partial charge in [0.2, 0.25) is 0 Å². The molecule has 0 amide bonds. The van der Waals surface area contributed by atoms with E-state index < -0.39 is 5.97 Å². The molecular formula is C23H19BrN2O3. The van der Waals surface area contributed by atoms with Crippen LogP contribution in [0.2, 0.25) is 0 Å². The highest BCUT2D eigenvalue weighted by Crippen LogP contribution is 2.38. The van der Waals surface area contributed by atoms with Gasteiger partial charge in [-0.25, -0.2) is 4.79 Å². The second-order valence-corrected chi connectivity index (χ2v) is 7.57. The third-order valence-electron chi connectivity index (χ3n) is 4.97. The summed E-state index contributed by atoms with van der Waals surface area (Å²) >= 11 is 3.62. The van der Waals surface area contributed by atoms with Gasteiger partial charge in [-0.05, 0) is 48.0 Å². The van der Waals surface area contributed by atoms with Crippen LogP contribution in [0.4, 0.5) is 5.69 Å². The molecule has 0 fully saturated rings. The number of methoxy groups -OCH3 is 1. The fourth-order valence-corrected chi connectivity index (χ4v) is 3.96. The Balaban J connectivity index is 1.74. The molecule has 5 nitrogen and oxygen atoms in total. The summed E-state index contributed by atoms with van der Waals surface area (Å²) in [6, 6.07) is 22.8. The molecule has 0 bridgehead atoms. The van der Waals surface area contributed by atoms with Crippen molar-refractivity contribution in [3.8, 4) is 5.75 Å². The molecule has 0 aliphatic carbocycles. The lowest BCUT2D eigenvalue weighted by Gasteiger charge is -2.24. The predicted molar refractivity (Wildman–Crippen MR) is 117 cm³/mol. The van der Waals surface area contributed by atoms with Gasteiger partial charge in [0.1, 0.15) is 5.75 Å². The molecule has 1 atom stereocenters. The lowest BCUT2D eigenvalue weighted by atomic mass is 9.98. The molecular weight excluding hydrogens is 432 g/mol. The summed E-state index contributed by atoms with van der Waals surface area (Å²) in [5.74, 6) is -0.141. The predicted octanol–water partition coefficient (Wildman–Crippen LogP) is 5.51. The number of halogens is 1. The zero-order valence-electron chi connectivity index (χ0n) is 15.7. The minimum Gasteiger partial charge on any atom is -0.497 e. The van der Waals surface area contributed by atoms with E-state index in [-0.39, 0.29) is 11.6 Å². The van der Waals surface area contributed by atoms with Gasteiger partial charge in [0.15, 0.2) is 0 Å². The highest BCUT2D eigenvalue weighted by Gasteiger charge is 2.30. The average Bonchev–Trinajstić information content (AvgIpc) is 3.19. The zero-order chi connectivity index (χ0) is 20.4. The molecule has 3 aromatic rings. The molecule has 0 saturated heterocycles. The van der Waals surface area contributed by atoms with E-state index in [1.165, 1.54) is 0 Å². The Morgan fingerprint density at radius 2 is 1.76 bits per heavy atom. The minimum atomic E-state index is -0.943. The van der Waals surface area contributed by atoms with Crippen LogP contribution in [0.5, 0.6) is 5.75 Å². The van der Waals surface area contributed by atoms with Crippen molar-refractivity contribution in [1.29, 1.82) is 0 Å². The summed E-state index contributed by atoms with van der Waals surface area (Å²) in [5, 5.41) is 16.0. The molecule has 1 aliphatic rings. The average molecular weight is 451 g/mol. The highest BCUT2D eigenvalue weighted by molar-refractivity contribution is 9.10. The van der Waals surface area contributed by atoms with Crippen molar-refractivity contribution in [3.63, 3.8) is 0 Å². The van der Waals surface area contributed by atoms with E-state index in [1.54, 1.807) is 31.4 Å². The molecule has 0 spiro atoms. The van der Waals surface area contributed by atoms with Gasteiger partial charge >= 0.3 is 5.97 Å². The van der Waals surface area contributed by atoms with Crippen molar-refractivity contribution in [2.24, 2.45) is 5.10 Å². The molecule has 29 heavy (non-hydrogen) atoms. The summed E-state index contributed by atoms with van der Waals surface area (Å²) in [7, 11) is 1.65. The highest BCUT2D eigenvalue weighted by atomic mass is 79.9. The number of aromatic carboxylic acids is 1. The number of hydrazone groups is 1. The summed E-state index contributed by atoms with van der Waals surface area (Å²) in [6.07, 6.45) is 0.732. The van der Waals surface area contributed by atoms with E-state index in [0.29, 0.717) is 0 Å². The van der Waals surface area contributed by atoms with Gasteiger partial charge in [0.25, 0.3) is 0 Å². The first kappa shape index (κ1) is 19.2. The van der Waals surface area contributed by atoms with Crippen molar-refractivity contribution >= 4 is 33.3 Å². The van der Waals surface area contributed by atoms with Crippen LogP contribution in [0.25, 0.3) is 0 Å². The molecule has 146 valence electrons. The normalized spacial score (nSPS) is 15.9. The number of carbonyl (C=O) groups is 1. The third kappa shape index (κ3) is 3.89. The molecule has 1 N–H and O–H groups in total. The van der Waals surface area contributed by atoms with Crippen LogP contribution in [0.1, 0.15) is 33.9 Å². The molecule has 0 saturated carbocycles. The van der Waals surface area contributed by atoms with E-state index in [9.17, 15) is 9.90 Å². The van der Waals surface area contributed by atoms with E-state index in [0.717, 1.165) is 39.2 Å². The van der Waals surface area contributed by atoms with Crippen LogP contribution in [0, 0.1) is 0 Å². The topological polar surface area (TPSA) is 62.1 Å². The lowest BCUT2D eigenvalue weighted by molar-refractivity contribution is 0.0697. The summed E-state index contributed by atoms with van der Waals surface area (Å²) in [6.45, 7) is 0. The van der Waals surface area contributed by atoms with Crippen molar-refractivity contribution in [3.05, 3.63) is 94.0 Å². The number of carboxylic acids is 1. The molecule has 1 heterocycles. The van der Waals surface area contributed by atoms with Crippen molar-refractivity contribution < 1.29 is 14.6 Å². The Morgan fingerprint density at radius 3 is 2.38 bits per heavy atom. The SMILES string of the molecule is COc1ccc(C2CC(c3ccccc3Br)=NN2c2ccc(C(=O)O)cc2)cc1. The number of anilines is 1. The van der Waals surface area contributed by atoms with Gasteiger partial charge < -0.3 is 9.84 Å². The standard InChI is InChI=1S/C23H19BrN2O3/c1-29-18-12-8-15(9-13-18)22-14-21(19-4-2-3-5-20(19)24)25-26(22)17-10-6-16(7-11-17)23(27)28/h2-13,22H,14H2,1H3,(H,27,28). The van der Waals surface area contributed by atoms with E-state index in [1.807, 2.05) is 53.5 Å². The fraction of sp³-hybridized carbons (Fsp3) is 0.130. The first-order chi connectivity index (χ1) is 14.1. The number of hydrogen-bond acceptors (Lipinski definition) is 4. The van der Waals surface area contributed by atoms with Gasteiger partial charge in [-0.1, -0.05) is 46.3 Å². The van der Waals surface area contributed by atoms with Crippen molar-refractivity contribution in [2.75, 3.05) is 12.1 Å². The molecule has 1 aliphatic heterocycles. The second-order valence-electron chi connectivity index (χ2n) is 6.72. The van der Waals surface area contributed by atoms with Gasteiger partial charge in [0, 0.05) is 16.5 Å². The number of nitrogens with zero attached hydrogens (tertiary/aromatic N) is 2. The van der Waals surface area contributed by atoms with Crippen LogP contribution in [0.3, 0.4) is 0 Å². The molecule has 6 heteroatoms. The Morgan fingerprint density at radius 1 is 1.07 bits per heavy atom. The Labute approximate surface area is 177 Å². The maximum atomic E-state index is 11.2. The third-order valence-corrected chi connectivity index (χ3v) is 5.67. The maximum Gasteiger partial charge on any atom is 0.335 e. The number of rotatable bonds is 5. The van der Waals surface area contributed by atoms with Crippen LogP contribution < -0.4 is 9.75 Å². The number of carboxylic acid groups (broad SMARTS) is 1. The Kier molecular flexibility index (Phi) is 5.36. The minimum absolute atomic E-state index is 0.00121. The summed E-state index contributed by atoms with van der Waals surface area (Å²) in [5.41, 5.74) is 4.23. The molecule has 1 unspecified atom stereocenters. The largest absolute Gasteiger partial charge is 0.497 e. The number of hydrogen-bond donors (Lipinski definition) is 1. The van der Waals surface area contributed by atoms with Gasteiger partial charge in [-0.15, -0.1) is 0 Å². The maximum absolute atomic E-state index is 11.2. The Hall–Kier alpha value is -3.12.